The van der Waals surface area contributed by atoms with Gasteiger partial charge in [-0.15, -0.1) is 12.4 Å². The summed E-state index contributed by atoms with van der Waals surface area (Å²) in [5.41, 5.74) is 1.10. The fraction of sp³-hybridized carbons (Fsp3) is 0.417. The van der Waals surface area contributed by atoms with Gasteiger partial charge in [0.25, 0.3) is 0 Å². The molecule has 1 aromatic carbocycles. The average molecular weight is 322 g/mol. The molecule has 0 spiro atoms. The van der Waals surface area contributed by atoms with Gasteiger partial charge in [0.15, 0.2) is 0 Å². The molecule has 0 saturated heterocycles. The van der Waals surface area contributed by atoms with Crippen molar-refractivity contribution in [2.75, 3.05) is 13.6 Å². The summed E-state index contributed by atoms with van der Waals surface area (Å²) in [6.45, 7) is 2.69. The molecule has 17 heavy (non-hydrogen) atoms. The SMILES string of the molecule is CNCCC(=O)NC(C)c1ccccc1Br.Cl. The summed E-state index contributed by atoms with van der Waals surface area (Å²) < 4.78 is 1.02. The zero-order chi connectivity index (χ0) is 12.0. The third-order valence-corrected chi connectivity index (χ3v) is 3.07. The third-order valence-electron chi connectivity index (χ3n) is 2.35. The van der Waals surface area contributed by atoms with Crippen LogP contribution in [0.5, 0.6) is 0 Å². The molecule has 0 fully saturated rings. The minimum atomic E-state index is 0. The van der Waals surface area contributed by atoms with Crippen molar-refractivity contribution in [2.45, 2.75) is 19.4 Å². The first-order valence-corrected chi connectivity index (χ1v) is 6.13. The number of hydrogen-bond donors (Lipinski definition) is 2. The Morgan fingerprint density at radius 2 is 2.06 bits per heavy atom. The van der Waals surface area contributed by atoms with Crippen molar-refractivity contribution in [3.05, 3.63) is 34.3 Å². The standard InChI is InChI=1S/C12H17BrN2O.ClH/c1-9(15-12(16)7-8-14-2)10-5-3-4-6-11(10)13;/h3-6,9,14H,7-8H2,1-2H3,(H,15,16);1H. The monoisotopic (exact) mass is 320 g/mol. The van der Waals surface area contributed by atoms with Gasteiger partial charge in [-0.25, -0.2) is 0 Å². The molecule has 0 heterocycles. The van der Waals surface area contributed by atoms with Crippen LogP contribution in [0.15, 0.2) is 28.7 Å². The molecule has 5 heteroatoms. The van der Waals surface area contributed by atoms with Gasteiger partial charge in [0.2, 0.25) is 5.91 Å². The summed E-state index contributed by atoms with van der Waals surface area (Å²) in [5, 5.41) is 5.92. The van der Waals surface area contributed by atoms with Gasteiger partial charge < -0.3 is 10.6 Å². The Bertz CT molecular complexity index is 360. The van der Waals surface area contributed by atoms with Gasteiger partial charge in [0.05, 0.1) is 6.04 Å². The molecular formula is C12H18BrClN2O. The van der Waals surface area contributed by atoms with E-state index in [0.29, 0.717) is 13.0 Å². The summed E-state index contributed by atoms with van der Waals surface area (Å²) >= 11 is 3.48. The number of amides is 1. The van der Waals surface area contributed by atoms with Crippen LogP contribution >= 0.6 is 28.3 Å². The van der Waals surface area contributed by atoms with E-state index in [4.69, 9.17) is 0 Å². The number of nitrogens with one attached hydrogen (secondary N) is 2. The zero-order valence-corrected chi connectivity index (χ0v) is 12.4. The molecule has 0 radical (unpaired) electrons. The number of halogens is 2. The van der Waals surface area contributed by atoms with E-state index >= 15 is 0 Å². The van der Waals surface area contributed by atoms with Gasteiger partial charge in [-0.2, -0.15) is 0 Å². The number of carbonyl (C=O) groups is 1. The predicted octanol–water partition coefficient (Wildman–Crippen LogP) is 2.66. The summed E-state index contributed by atoms with van der Waals surface area (Å²) in [5.74, 6) is 0.0672. The Kier molecular flexibility index (Phi) is 8.21. The lowest BCUT2D eigenvalue weighted by atomic mass is 10.1. The van der Waals surface area contributed by atoms with Crippen LogP contribution in [-0.4, -0.2) is 19.5 Å². The highest BCUT2D eigenvalue weighted by atomic mass is 79.9. The highest BCUT2D eigenvalue weighted by Crippen LogP contribution is 2.22. The first kappa shape index (κ1) is 16.4. The van der Waals surface area contributed by atoms with E-state index in [1.807, 2.05) is 38.2 Å². The maximum absolute atomic E-state index is 11.5. The van der Waals surface area contributed by atoms with Crippen LogP contribution < -0.4 is 10.6 Å². The van der Waals surface area contributed by atoms with E-state index < -0.39 is 0 Å². The molecular weight excluding hydrogens is 304 g/mol. The van der Waals surface area contributed by atoms with Gasteiger partial charge in [0.1, 0.15) is 0 Å². The predicted molar refractivity (Wildman–Crippen MR) is 76.5 cm³/mol. The van der Waals surface area contributed by atoms with E-state index in [2.05, 4.69) is 26.6 Å². The number of benzene rings is 1. The van der Waals surface area contributed by atoms with E-state index in [9.17, 15) is 4.79 Å². The van der Waals surface area contributed by atoms with Crippen molar-refractivity contribution in [3.63, 3.8) is 0 Å². The molecule has 2 N–H and O–H groups in total. The average Bonchev–Trinajstić information content (AvgIpc) is 2.26. The van der Waals surface area contributed by atoms with E-state index in [-0.39, 0.29) is 24.4 Å². The Balaban J connectivity index is 0.00000256. The van der Waals surface area contributed by atoms with Crippen LogP contribution in [0.4, 0.5) is 0 Å². The molecule has 0 aromatic heterocycles. The fourth-order valence-corrected chi connectivity index (χ4v) is 2.08. The van der Waals surface area contributed by atoms with E-state index in [1.54, 1.807) is 0 Å². The Morgan fingerprint density at radius 1 is 1.41 bits per heavy atom. The third kappa shape index (κ3) is 5.52. The molecule has 1 aromatic rings. The van der Waals surface area contributed by atoms with E-state index in [0.717, 1.165) is 10.0 Å². The summed E-state index contributed by atoms with van der Waals surface area (Å²) in [4.78, 5) is 11.5. The Morgan fingerprint density at radius 3 is 2.65 bits per heavy atom. The fourth-order valence-electron chi connectivity index (χ4n) is 1.46. The van der Waals surface area contributed by atoms with Crippen molar-refractivity contribution in [1.82, 2.24) is 10.6 Å². The second kappa shape index (κ2) is 8.50. The summed E-state index contributed by atoms with van der Waals surface area (Å²) in [6.07, 6.45) is 0.505. The number of hydrogen-bond acceptors (Lipinski definition) is 2. The normalized spacial score (nSPS) is 11.5. The molecule has 0 bridgehead atoms. The molecule has 0 aliphatic rings. The minimum absolute atomic E-state index is 0. The minimum Gasteiger partial charge on any atom is -0.350 e. The van der Waals surface area contributed by atoms with Crippen LogP contribution in [0.1, 0.15) is 24.9 Å². The largest absolute Gasteiger partial charge is 0.350 e. The molecule has 0 aliphatic carbocycles. The van der Waals surface area contributed by atoms with Gasteiger partial charge in [-0.3, -0.25) is 4.79 Å². The highest BCUT2D eigenvalue weighted by Gasteiger charge is 2.11. The van der Waals surface area contributed by atoms with Gasteiger partial charge in [-0.1, -0.05) is 34.1 Å². The van der Waals surface area contributed by atoms with Crippen LogP contribution in [-0.2, 0) is 4.79 Å². The molecule has 3 nitrogen and oxygen atoms in total. The maximum atomic E-state index is 11.5. The summed E-state index contributed by atoms with van der Waals surface area (Å²) in [7, 11) is 1.84. The van der Waals surface area contributed by atoms with Crippen LogP contribution in [0.25, 0.3) is 0 Å². The lowest BCUT2D eigenvalue weighted by molar-refractivity contribution is -0.121. The van der Waals surface area contributed by atoms with Gasteiger partial charge in [0, 0.05) is 17.4 Å². The Labute approximate surface area is 117 Å². The first-order valence-electron chi connectivity index (χ1n) is 5.33. The smallest absolute Gasteiger partial charge is 0.221 e. The van der Waals surface area contributed by atoms with Crippen molar-refractivity contribution in [3.8, 4) is 0 Å². The second-order valence-corrected chi connectivity index (χ2v) is 4.52. The topological polar surface area (TPSA) is 41.1 Å². The van der Waals surface area contributed by atoms with Crippen molar-refractivity contribution < 1.29 is 4.79 Å². The quantitative estimate of drug-likeness (QED) is 0.875. The molecule has 0 aliphatic heterocycles. The number of carbonyl (C=O) groups excluding carboxylic acids is 1. The van der Waals surface area contributed by atoms with Crippen molar-refractivity contribution >= 4 is 34.2 Å². The molecule has 1 amide bonds. The molecule has 96 valence electrons. The van der Waals surface area contributed by atoms with Crippen LogP contribution in [0.2, 0.25) is 0 Å². The lowest BCUT2D eigenvalue weighted by Gasteiger charge is -2.15. The summed E-state index contributed by atoms with van der Waals surface area (Å²) in [6, 6.07) is 7.94. The van der Waals surface area contributed by atoms with Crippen LogP contribution in [0, 0.1) is 0 Å². The first-order chi connectivity index (χ1) is 7.65. The van der Waals surface area contributed by atoms with Crippen molar-refractivity contribution in [2.24, 2.45) is 0 Å². The zero-order valence-electron chi connectivity index (χ0n) is 10.00. The van der Waals surface area contributed by atoms with Gasteiger partial charge in [-0.05, 0) is 25.6 Å². The second-order valence-electron chi connectivity index (χ2n) is 3.66. The molecule has 1 atom stereocenters. The number of rotatable bonds is 5. The van der Waals surface area contributed by atoms with Gasteiger partial charge >= 0.3 is 0 Å². The van der Waals surface area contributed by atoms with Crippen molar-refractivity contribution in [1.29, 1.82) is 0 Å². The lowest BCUT2D eigenvalue weighted by Crippen LogP contribution is -2.29. The molecule has 0 saturated carbocycles. The molecule has 1 unspecified atom stereocenters. The molecule has 1 rings (SSSR count). The highest BCUT2D eigenvalue weighted by molar-refractivity contribution is 9.10. The van der Waals surface area contributed by atoms with Crippen LogP contribution in [0.3, 0.4) is 0 Å². The maximum Gasteiger partial charge on any atom is 0.221 e. The Hall–Kier alpha value is -0.580. The van der Waals surface area contributed by atoms with E-state index in [1.165, 1.54) is 0 Å².